The summed E-state index contributed by atoms with van der Waals surface area (Å²) in [6, 6.07) is 8.78. The number of hydrogen-bond donors (Lipinski definition) is 1. The Morgan fingerprint density at radius 2 is 1.35 bits per heavy atom. The van der Waals surface area contributed by atoms with Gasteiger partial charge in [0.25, 0.3) is 0 Å². The summed E-state index contributed by atoms with van der Waals surface area (Å²) in [4.78, 5) is 12.7. The van der Waals surface area contributed by atoms with Crippen LogP contribution in [0.1, 0.15) is 80.1 Å². The maximum atomic E-state index is 12.7. The zero-order valence-electron chi connectivity index (χ0n) is 18.1. The summed E-state index contributed by atoms with van der Waals surface area (Å²) in [6.45, 7) is 12.9. The van der Waals surface area contributed by atoms with E-state index < -0.39 is 18.4 Å². The van der Waals surface area contributed by atoms with Gasteiger partial charge in [-0.2, -0.15) is 0 Å². The molecule has 0 bridgehead atoms. The Morgan fingerprint density at radius 1 is 0.885 bits per heavy atom. The Labute approximate surface area is 166 Å². The van der Waals surface area contributed by atoms with E-state index in [0.29, 0.717) is 0 Å². The Bertz CT molecular complexity index is 526. The van der Waals surface area contributed by atoms with E-state index in [-0.39, 0.29) is 11.3 Å². The maximum absolute atomic E-state index is 12.7. The van der Waals surface area contributed by atoms with E-state index >= 15 is 0 Å². The van der Waals surface area contributed by atoms with Crippen molar-refractivity contribution in [3.63, 3.8) is 0 Å². The molecule has 0 aromatic heterocycles. The summed E-state index contributed by atoms with van der Waals surface area (Å²) < 4.78 is 5.84. The number of unbranched alkanes of at least 4 members (excludes halogenated alkanes) is 3. The molecule has 1 rings (SSSR count). The van der Waals surface area contributed by atoms with E-state index in [0.717, 1.165) is 5.69 Å². The van der Waals surface area contributed by atoms with Crippen LogP contribution in [0.25, 0.3) is 0 Å². The van der Waals surface area contributed by atoms with Gasteiger partial charge in [-0.05, 0) is 0 Å². The third-order valence-corrected chi connectivity index (χ3v) is 21.2. The summed E-state index contributed by atoms with van der Waals surface area (Å²) in [5.41, 5.74) is 0.758. The van der Waals surface area contributed by atoms with Crippen molar-refractivity contribution in [1.82, 2.24) is 0 Å². The molecular formula is C23H41NOSn. The molecule has 0 radical (unpaired) electrons. The molecule has 0 aliphatic carbocycles. The zero-order valence-corrected chi connectivity index (χ0v) is 20.9. The summed E-state index contributed by atoms with van der Waals surface area (Å²) >= 11 is -2.54. The van der Waals surface area contributed by atoms with Crippen LogP contribution in [0.5, 0.6) is 0 Å². The van der Waals surface area contributed by atoms with E-state index in [1.807, 2.05) is 20.8 Å². The molecule has 2 nitrogen and oxygen atoms in total. The molecule has 0 atom stereocenters. The summed E-state index contributed by atoms with van der Waals surface area (Å²) in [7, 11) is 0. The average molecular weight is 466 g/mol. The van der Waals surface area contributed by atoms with Crippen molar-refractivity contribution in [2.24, 2.45) is 5.41 Å². The van der Waals surface area contributed by atoms with Gasteiger partial charge in [0, 0.05) is 0 Å². The third kappa shape index (κ3) is 6.90. The number of carbonyl (C=O) groups excluding carboxylic acids is 1. The van der Waals surface area contributed by atoms with Crippen molar-refractivity contribution >= 4 is 33.6 Å². The third-order valence-electron chi connectivity index (χ3n) is 5.45. The molecule has 0 unspecified atom stereocenters. The first kappa shape index (κ1) is 23.5. The van der Waals surface area contributed by atoms with Crippen molar-refractivity contribution in [1.29, 1.82) is 0 Å². The zero-order chi connectivity index (χ0) is 19.6. The molecule has 0 saturated carbocycles. The van der Waals surface area contributed by atoms with Crippen molar-refractivity contribution in [2.75, 3.05) is 5.32 Å². The van der Waals surface area contributed by atoms with Crippen molar-refractivity contribution in [2.45, 2.75) is 93.4 Å². The molecule has 148 valence electrons. The molecular weight excluding hydrogens is 425 g/mol. The molecule has 0 aliphatic heterocycles. The second kappa shape index (κ2) is 11.4. The number of rotatable bonds is 11. The van der Waals surface area contributed by atoms with Crippen LogP contribution in [0.2, 0.25) is 13.3 Å². The van der Waals surface area contributed by atoms with E-state index in [1.165, 1.54) is 51.8 Å². The van der Waals surface area contributed by atoms with E-state index in [1.54, 1.807) is 3.58 Å². The molecule has 3 heteroatoms. The van der Waals surface area contributed by atoms with Crippen LogP contribution in [0.4, 0.5) is 5.69 Å². The van der Waals surface area contributed by atoms with Crippen molar-refractivity contribution in [3.05, 3.63) is 24.3 Å². The van der Waals surface area contributed by atoms with Gasteiger partial charge in [0.2, 0.25) is 0 Å². The number of hydrogen-bond acceptors (Lipinski definition) is 1. The molecule has 0 aliphatic rings. The number of benzene rings is 1. The van der Waals surface area contributed by atoms with Crippen LogP contribution in [0, 0.1) is 5.41 Å². The average Bonchev–Trinajstić information content (AvgIpc) is 2.61. The van der Waals surface area contributed by atoms with Crippen LogP contribution in [-0.2, 0) is 4.79 Å². The summed E-state index contributed by atoms with van der Waals surface area (Å²) in [6.07, 6.45) is 7.83. The fourth-order valence-corrected chi connectivity index (χ4v) is 20.3. The van der Waals surface area contributed by atoms with Gasteiger partial charge in [0.05, 0.1) is 0 Å². The first-order valence-corrected chi connectivity index (χ1v) is 18.2. The monoisotopic (exact) mass is 467 g/mol. The van der Waals surface area contributed by atoms with Gasteiger partial charge < -0.3 is 0 Å². The minimum absolute atomic E-state index is 0.131. The van der Waals surface area contributed by atoms with E-state index in [2.05, 4.69) is 50.4 Å². The van der Waals surface area contributed by atoms with Gasteiger partial charge in [-0.15, -0.1) is 0 Å². The van der Waals surface area contributed by atoms with Crippen LogP contribution in [0.15, 0.2) is 24.3 Å². The number of anilines is 1. The fraction of sp³-hybridized carbons (Fsp3) is 0.696. The van der Waals surface area contributed by atoms with Crippen LogP contribution < -0.4 is 8.90 Å². The number of amides is 1. The minimum atomic E-state index is -2.54. The fourth-order valence-electron chi connectivity index (χ4n) is 3.69. The number of carbonyl (C=O) groups is 1. The molecule has 0 heterocycles. The predicted molar refractivity (Wildman–Crippen MR) is 119 cm³/mol. The molecule has 0 fully saturated rings. The molecule has 1 aromatic rings. The van der Waals surface area contributed by atoms with Gasteiger partial charge in [-0.3, -0.25) is 0 Å². The van der Waals surface area contributed by atoms with E-state index in [9.17, 15) is 4.79 Å². The number of para-hydroxylation sites is 1. The molecule has 1 aromatic carbocycles. The molecule has 0 spiro atoms. The second-order valence-electron chi connectivity index (χ2n) is 8.84. The Kier molecular flexibility index (Phi) is 10.3. The van der Waals surface area contributed by atoms with Crippen LogP contribution in [-0.4, -0.2) is 24.3 Å². The van der Waals surface area contributed by atoms with Gasteiger partial charge in [-0.25, -0.2) is 0 Å². The summed E-state index contributed by atoms with van der Waals surface area (Å²) in [5, 5.41) is 3.30. The first-order chi connectivity index (χ1) is 12.3. The molecule has 1 N–H and O–H groups in total. The van der Waals surface area contributed by atoms with Crippen molar-refractivity contribution in [3.8, 4) is 0 Å². The van der Waals surface area contributed by atoms with Gasteiger partial charge in [0.1, 0.15) is 0 Å². The predicted octanol–water partition coefficient (Wildman–Crippen LogP) is 6.73. The van der Waals surface area contributed by atoms with Crippen molar-refractivity contribution < 1.29 is 4.79 Å². The molecule has 0 saturated heterocycles. The summed E-state index contributed by atoms with van der Waals surface area (Å²) in [5.74, 6) is 0.131. The Balaban J connectivity index is 3.31. The first-order valence-electron chi connectivity index (χ1n) is 10.7. The SMILES string of the molecule is CCC[CH2][Sn]([CH2]CCC)([CH2]CCC)[c]1ccccc1NC(=O)C(C)(C)C. The topological polar surface area (TPSA) is 29.1 Å². The van der Waals surface area contributed by atoms with Gasteiger partial charge in [-0.1, -0.05) is 0 Å². The Morgan fingerprint density at radius 3 is 1.77 bits per heavy atom. The molecule has 26 heavy (non-hydrogen) atoms. The van der Waals surface area contributed by atoms with Gasteiger partial charge >= 0.3 is 167 Å². The second-order valence-corrected chi connectivity index (χ2v) is 22.0. The quantitative estimate of drug-likeness (QED) is 0.360. The van der Waals surface area contributed by atoms with Crippen LogP contribution in [0.3, 0.4) is 0 Å². The standard InChI is InChI=1S/C11H14NO.3C4H9.Sn/c1-11(2,3)10(13)12-9-7-5-4-6-8-9;3*1-3-4-2;/h4-7H,1-3H3,(H,12,13);3*1,3-4H2,2H3;. The van der Waals surface area contributed by atoms with Crippen LogP contribution >= 0.6 is 0 Å². The van der Waals surface area contributed by atoms with Gasteiger partial charge in [0.15, 0.2) is 0 Å². The van der Waals surface area contributed by atoms with E-state index in [4.69, 9.17) is 0 Å². The number of nitrogens with one attached hydrogen (secondary N) is 1. The Hall–Kier alpha value is -0.511. The normalized spacial score (nSPS) is 12.2. The molecule has 1 amide bonds.